The van der Waals surface area contributed by atoms with Crippen LogP contribution in [0, 0.1) is 0 Å². The number of pyridine rings is 1. The van der Waals surface area contributed by atoms with Crippen LogP contribution in [0.5, 0.6) is 0 Å². The number of rotatable bonds is 2. The van der Waals surface area contributed by atoms with Crippen LogP contribution >= 0.6 is 55.1 Å². The van der Waals surface area contributed by atoms with Gasteiger partial charge in [-0.1, -0.05) is 39.1 Å². The predicted octanol–water partition coefficient (Wildman–Crippen LogP) is 5.17. The minimum atomic E-state index is -0.421. The van der Waals surface area contributed by atoms with Crippen LogP contribution in [0.2, 0.25) is 10.2 Å². The fourth-order valence-corrected chi connectivity index (χ4v) is 2.83. The van der Waals surface area contributed by atoms with Gasteiger partial charge in [0.25, 0.3) is 5.91 Å². The third-order valence-electron chi connectivity index (χ3n) is 2.21. The molecule has 19 heavy (non-hydrogen) atoms. The van der Waals surface area contributed by atoms with E-state index in [2.05, 4.69) is 42.2 Å². The molecule has 3 nitrogen and oxygen atoms in total. The lowest BCUT2D eigenvalue weighted by Gasteiger charge is -2.08. The summed E-state index contributed by atoms with van der Waals surface area (Å²) in [7, 11) is 0. The van der Waals surface area contributed by atoms with Crippen LogP contribution in [-0.2, 0) is 0 Å². The molecule has 0 spiro atoms. The molecule has 1 heterocycles. The second-order valence-corrected chi connectivity index (χ2v) is 6.11. The van der Waals surface area contributed by atoms with E-state index in [1.165, 1.54) is 12.1 Å². The van der Waals surface area contributed by atoms with Gasteiger partial charge in [-0.25, -0.2) is 4.98 Å². The van der Waals surface area contributed by atoms with Crippen LogP contribution in [0.15, 0.2) is 39.3 Å². The summed E-state index contributed by atoms with van der Waals surface area (Å²) >= 11 is 18.4. The molecule has 1 N–H and O–H groups in total. The van der Waals surface area contributed by atoms with Gasteiger partial charge in [-0.15, -0.1) is 0 Å². The van der Waals surface area contributed by atoms with Gasteiger partial charge >= 0.3 is 0 Å². The van der Waals surface area contributed by atoms with Crippen molar-refractivity contribution in [2.75, 3.05) is 5.32 Å². The van der Waals surface area contributed by atoms with Crippen LogP contribution < -0.4 is 5.32 Å². The average molecular weight is 425 g/mol. The molecule has 0 fully saturated rings. The van der Waals surface area contributed by atoms with Crippen LogP contribution in [0.1, 0.15) is 10.5 Å². The zero-order chi connectivity index (χ0) is 14.0. The highest BCUT2D eigenvalue weighted by Gasteiger charge is 2.14. The molecular formula is C12H6Br2Cl2N2O. The van der Waals surface area contributed by atoms with E-state index in [1.807, 2.05) is 12.1 Å². The average Bonchev–Trinajstić information content (AvgIpc) is 2.35. The van der Waals surface area contributed by atoms with E-state index in [1.54, 1.807) is 6.07 Å². The first-order valence-corrected chi connectivity index (χ1v) is 7.40. The van der Waals surface area contributed by atoms with Crippen molar-refractivity contribution >= 4 is 66.7 Å². The first-order valence-electron chi connectivity index (χ1n) is 5.06. The van der Waals surface area contributed by atoms with Crippen molar-refractivity contribution in [2.24, 2.45) is 0 Å². The van der Waals surface area contributed by atoms with Crippen LogP contribution in [0.25, 0.3) is 0 Å². The van der Waals surface area contributed by atoms with E-state index in [0.29, 0.717) is 5.69 Å². The summed E-state index contributed by atoms with van der Waals surface area (Å²) in [4.78, 5) is 16.0. The van der Waals surface area contributed by atoms with Crippen molar-refractivity contribution in [3.05, 3.63) is 55.1 Å². The zero-order valence-corrected chi connectivity index (χ0v) is 13.9. The maximum Gasteiger partial charge on any atom is 0.275 e. The van der Waals surface area contributed by atoms with Gasteiger partial charge in [-0.2, -0.15) is 0 Å². The minimum absolute atomic E-state index is 0.0870. The molecule has 0 saturated carbocycles. The first-order chi connectivity index (χ1) is 8.97. The molecular weight excluding hydrogens is 419 g/mol. The third-order valence-corrected chi connectivity index (χ3v) is 3.87. The van der Waals surface area contributed by atoms with Crippen molar-refractivity contribution in [3.63, 3.8) is 0 Å². The Morgan fingerprint density at radius 3 is 2.58 bits per heavy atom. The van der Waals surface area contributed by atoms with E-state index >= 15 is 0 Å². The molecule has 0 aliphatic rings. The zero-order valence-electron chi connectivity index (χ0n) is 9.25. The van der Waals surface area contributed by atoms with Gasteiger partial charge in [0, 0.05) is 8.95 Å². The van der Waals surface area contributed by atoms with Crippen LogP contribution in [0.4, 0.5) is 5.69 Å². The molecule has 0 unspecified atom stereocenters. The second-order valence-electron chi connectivity index (χ2n) is 3.54. The van der Waals surface area contributed by atoms with Crippen molar-refractivity contribution < 1.29 is 4.79 Å². The van der Waals surface area contributed by atoms with Gasteiger partial charge < -0.3 is 5.32 Å². The summed E-state index contributed by atoms with van der Waals surface area (Å²) in [5.41, 5.74) is 0.704. The molecule has 1 aromatic carbocycles. The summed E-state index contributed by atoms with van der Waals surface area (Å²) in [6.45, 7) is 0. The minimum Gasteiger partial charge on any atom is -0.320 e. The Morgan fingerprint density at radius 2 is 1.89 bits per heavy atom. The lowest BCUT2D eigenvalue weighted by Crippen LogP contribution is -2.14. The van der Waals surface area contributed by atoms with E-state index in [4.69, 9.17) is 23.2 Å². The van der Waals surface area contributed by atoms with Crippen molar-refractivity contribution in [2.45, 2.75) is 0 Å². The summed E-state index contributed by atoms with van der Waals surface area (Å²) in [5, 5.41) is 3.17. The standard InChI is InChI=1S/C12H6Br2Cl2N2O/c13-6-1-3-9(7(14)5-6)17-12(19)11-8(15)2-4-10(16)18-11/h1-5H,(H,17,19). The predicted molar refractivity (Wildman–Crippen MR) is 84.1 cm³/mol. The lowest BCUT2D eigenvalue weighted by atomic mass is 10.3. The Labute approximate surface area is 136 Å². The normalized spacial score (nSPS) is 10.3. The van der Waals surface area contributed by atoms with Gasteiger partial charge in [-0.05, 0) is 46.3 Å². The molecule has 0 atom stereocenters. The number of aromatic nitrogens is 1. The van der Waals surface area contributed by atoms with E-state index in [-0.39, 0.29) is 15.9 Å². The lowest BCUT2D eigenvalue weighted by molar-refractivity contribution is 0.102. The Bertz CT molecular complexity index is 650. The number of anilines is 1. The maximum absolute atomic E-state index is 12.1. The molecule has 0 saturated heterocycles. The molecule has 7 heteroatoms. The number of carbonyl (C=O) groups is 1. The maximum atomic E-state index is 12.1. The highest BCUT2D eigenvalue weighted by molar-refractivity contribution is 9.11. The van der Waals surface area contributed by atoms with Gasteiger partial charge in [0.1, 0.15) is 10.8 Å². The molecule has 0 bridgehead atoms. The fraction of sp³-hybridized carbons (Fsp3) is 0. The van der Waals surface area contributed by atoms with Crippen LogP contribution in [0.3, 0.4) is 0 Å². The number of halogens is 4. The first kappa shape index (κ1) is 14.8. The van der Waals surface area contributed by atoms with Crippen LogP contribution in [-0.4, -0.2) is 10.9 Å². The summed E-state index contributed by atoms with van der Waals surface area (Å²) in [6.07, 6.45) is 0. The quantitative estimate of drug-likeness (QED) is 0.676. The van der Waals surface area contributed by atoms with Gasteiger partial charge in [-0.3, -0.25) is 4.79 Å². The molecule has 1 aromatic heterocycles. The molecule has 1 amide bonds. The second kappa shape index (κ2) is 6.22. The topological polar surface area (TPSA) is 42.0 Å². The van der Waals surface area contributed by atoms with Gasteiger partial charge in [0.2, 0.25) is 0 Å². The largest absolute Gasteiger partial charge is 0.320 e. The number of hydrogen-bond donors (Lipinski definition) is 1. The van der Waals surface area contributed by atoms with E-state index in [0.717, 1.165) is 8.95 Å². The van der Waals surface area contributed by atoms with Crippen molar-refractivity contribution in [3.8, 4) is 0 Å². The number of amides is 1. The number of nitrogens with one attached hydrogen (secondary N) is 1. The SMILES string of the molecule is O=C(Nc1ccc(Br)cc1Br)c1nc(Cl)ccc1Cl. The molecule has 98 valence electrons. The Kier molecular flexibility index (Phi) is 4.84. The van der Waals surface area contributed by atoms with Gasteiger partial charge in [0.15, 0.2) is 0 Å². The number of nitrogens with zero attached hydrogens (tertiary/aromatic N) is 1. The Hall–Kier alpha value is -0.620. The fourth-order valence-electron chi connectivity index (χ4n) is 1.35. The van der Waals surface area contributed by atoms with Crippen molar-refractivity contribution in [1.82, 2.24) is 4.98 Å². The van der Waals surface area contributed by atoms with Crippen molar-refractivity contribution in [1.29, 1.82) is 0 Å². The Morgan fingerprint density at radius 1 is 1.16 bits per heavy atom. The highest BCUT2D eigenvalue weighted by atomic mass is 79.9. The molecule has 2 rings (SSSR count). The smallest absolute Gasteiger partial charge is 0.275 e. The molecule has 0 aliphatic heterocycles. The summed E-state index contributed by atoms with van der Waals surface area (Å²) in [5.74, 6) is -0.421. The number of hydrogen-bond acceptors (Lipinski definition) is 2. The van der Waals surface area contributed by atoms with E-state index < -0.39 is 5.91 Å². The van der Waals surface area contributed by atoms with Gasteiger partial charge in [0.05, 0.1) is 10.7 Å². The molecule has 2 aromatic rings. The highest BCUT2D eigenvalue weighted by Crippen LogP contribution is 2.27. The summed E-state index contributed by atoms with van der Waals surface area (Å²) in [6, 6.07) is 8.44. The molecule has 0 radical (unpaired) electrons. The molecule has 0 aliphatic carbocycles. The monoisotopic (exact) mass is 422 g/mol. The summed E-state index contributed by atoms with van der Waals surface area (Å²) < 4.78 is 1.64. The Balaban J connectivity index is 2.28. The third kappa shape index (κ3) is 3.69. The number of carbonyl (C=O) groups excluding carboxylic acids is 1. The number of benzene rings is 1. The van der Waals surface area contributed by atoms with E-state index in [9.17, 15) is 4.79 Å².